The van der Waals surface area contributed by atoms with Crippen molar-refractivity contribution in [3.63, 3.8) is 0 Å². The standard InChI is InChI=1S/C20H18ClN3O3S/c21-16-8-4-7-15(13-16)18-22-23-20(27-18)28-17(14-5-2-1-3-6-14)19(25)24-9-11-26-12-10-24/h1-8,13,17H,9-12H2/t17-/m0/s1. The molecular weight excluding hydrogens is 398 g/mol. The van der Waals surface area contributed by atoms with Gasteiger partial charge in [0.15, 0.2) is 0 Å². The van der Waals surface area contributed by atoms with Crippen molar-refractivity contribution in [2.24, 2.45) is 0 Å². The number of thioether (sulfide) groups is 1. The van der Waals surface area contributed by atoms with E-state index >= 15 is 0 Å². The van der Waals surface area contributed by atoms with Crippen molar-refractivity contribution in [3.05, 3.63) is 65.2 Å². The molecule has 1 aromatic heterocycles. The minimum atomic E-state index is -0.466. The van der Waals surface area contributed by atoms with Crippen LogP contribution in [0.15, 0.2) is 64.2 Å². The number of ether oxygens (including phenoxy) is 1. The normalized spacial score (nSPS) is 15.4. The van der Waals surface area contributed by atoms with Crippen LogP contribution in [0, 0.1) is 0 Å². The highest BCUT2D eigenvalue weighted by Crippen LogP contribution is 2.37. The largest absolute Gasteiger partial charge is 0.411 e. The molecule has 0 radical (unpaired) electrons. The molecule has 0 aliphatic carbocycles. The molecule has 1 fully saturated rings. The molecule has 0 N–H and O–H groups in total. The van der Waals surface area contributed by atoms with Gasteiger partial charge in [0.2, 0.25) is 11.8 Å². The van der Waals surface area contributed by atoms with E-state index in [2.05, 4.69) is 10.2 Å². The third-order valence-corrected chi connectivity index (χ3v) is 5.66. The van der Waals surface area contributed by atoms with Gasteiger partial charge in [-0.2, -0.15) is 0 Å². The average Bonchev–Trinajstić information content (AvgIpc) is 3.22. The van der Waals surface area contributed by atoms with Crippen LogP contribution >= 0.6 is 23.4 Å². The zero-order chi connectivity index (χ0) is 19.3. The first-order valence-corrected chi connectivity index (χ1v) is 10.1. The second kappa shape index (κ2) is 8.77. The zero-order valence-electron chi connectivity index (χ0n) is 15.0. The molecular formula is C20H18ClN3O3S. The minimum Gasteiger partial charge on any atom is -0.411 e. The van der Waals surface area contributed by atoms with Crippen LogP contribution in [0.1, 0.15) is 10.8 Å². The number of benzene rings is 2. The summed E-state index contributed by atoms with van der Waals surface area (Å²) in [5, 5.41) is 8.69. The molecule has 3 aromatic rings. The molecule has 6 nitrogen and oxygen atoms in total. The number of carbonyl (C=O) groups excluding carboxylic acids is 1. The van der Waals surface area contributed by atoms with Crippen molar-refractivity contribution in [1.82, 2.24) is 15.1 Å². The maximum atomic E-state index is 13.2. The lowest BCUT2D eigenvalue weighted by molar-refractivity contribution is -0.134. The van der Waals surface area contributed by atoms with E-state index < -0.39 is 5.25 Å². The van der Waals surface area contributed by atoms with Crippen LogP contribution in [0.3, 0.4) is 0 Å². The van der Waals surface area contributed by atoms with Gasteiger partial charge in [0, 0.05) is 23.7 Å². The number of halogens is 1. The van der Waals surface area contributed by atoms with E-state index in [1.54, 1.807) is 12.1 Å². The summed E-state index contributed by atoms with van der Waals surface area (Å²) in [5.41, 5.74) is 1.63. The van der Waals surface area contributed by atoms with Gasteiger partial charge in [-0.1, -0.05) is 48.0 Å². The van der Waals surface area contributed by atoms with Crippen LogP contribution in [0.4, 0.5) is 0 Å². The summed E-state index contributed by atoms with van der Waals surface area (Å²) in [5.74, 6) is 0.387. The molecule has 4 rings (SSSR count). The summed E-state index contributed by atoms with van der Waals surface area (Å²) < 4.78 is 11.2. The Kier molecular flexibility index (Phi) is 5.95. The van der Waals surface area contributed by atoms with Crippen molar-refractivity contribution in [1.29, 1.82) is 0 Å². The van der Waals surface area contributed by atoms with Gasteiger partial charge in [-0.3, -0.25) is 4.79 Å². The second-order valence-electron chi connectivity index (χ2n) is 6.23. The predicted octanol–water partition coefficient (Wildman–Crippen LogP) is 4.08. The third-order valence-electron chi connectivity index (χ3n) is 4.35. The van der Waals surface area contributed by atoms with Crippen LogP contribution in [-0.2, 0) is 9.53 Å². The molecule has 8 heteroatoms. The van der Waals surface area contributed by atoms with E-state index in [0.717, 1.165) is 11.1 Å². The Morgan fingerprint density at radius 1 is 1.07 bits per heavy atom. The van der Waals surface area contributed by atoms with Gasteiger partial charge in [0.25, 0.3) is 5.22 Å². The van der Waals surface area contributed by atoms with Crippen molar-refractivity contribution in [3.8, 4) is 11.5 Å². The molecule has 0 saturated carbocycles. The Morgan fingerprint density at radius 3 is 2.61 bits per heavy atom. The molecule has 0 unspecified atom stereocenters. The molecule has 2 heterocycles. The van der Waals surface area contributed by atoms with Crippen LogP contribution in [-0.4, -0.2) is 47.3 Å². The average molecular weight is 416 g/mol. The lowest BCUT2D eigenvalue weighted by Gasteiger charge is -2.29. The lowest BCUT2D eigenvalue weighted by Crippen LogP contribution is -2.42. The summed E-state index contributed by atoms with van der Waals surface area (Å²) in [6.07, 6.45) is 0. The molecule has 2 aromatic carbocycles. The van der Waals surface area contributed by atoms with Crippen molar-refractivity contribution >= 4 is 29.3 Å². The fraction of sp³-hybridized carbons (Fsp3) is 0.250. The summed E-state index contributed by atoms with van der Waals surface area (Å²) in [6.45, 7) is 2.27. The van der Waals surface area contributed by atoms with Crippen molar-refractivity contribution < 1.29 is 13.9 Å². The predicted molar refractivity (Wildman–Crippen MR) is 107 cm³/mol. The Balaban J connectivity index is 1.58. The SMILES string of the molecule is O=C([C@@H](Sc1nnc(-c2cccc(Cl)c2)o1)c1ccccc1)N1CCOCC1. The summed E-state index contributed by atoms with van der Waals surface area (Å²) in [6, 6.07) is 16.8. The first-order valence-electron chi connectivity index (χ1n) is 8.88. The smallest absolute Gasteiger partial charge is 0.277 e. The maximum absolute atomic E-state index is 13.2. The Hall–Kier alpha value is -2.35. The van der Waals surface area contributed by atoms with E-state index in [0.29, 0.717) is 42.4 Å². The summed E-state index contributed by atoms with van der Waals surface area (Å²) >= 11 is 7.30. The van der Waals surface area contributed by atoms with E-state index in [9.17, 15) is 4.79 Å². The molecule has 0 bridgehead atoms. The van der Waals surface area contributed by atoms with Gasteiger partial charge in [-0.25, -0.2) is 0 Å². The molecule has 1 amide bonds. The van der Waals surface area contributed by atoms with Gasteiger partial charge in [0.05, 0.1) is 13.2 Å². The van der Waals surface area contributed by atoms with E-state index in [1.165, 1.54) is 11.8 Å². The quantitative estimate of drug-likeness (QED) is 0.585. The number of hydrogen-bond donors (Lipinski definition) is 0. The molecule has 144 valence electrons. The topological polar surface area (TPSA) is 68.5 Å². The number of hydrogen-bond acceptors (Lipinski definition) is 6. The molecule has 1 aliphatic heterocycles. The van der Waals surface area contributed by atoms with Gasteiger partial charge >= 0.3 is 0 Å². The van der Waals surface area contributed by atoms with Crippen LogP contribution in [0.25, 0.3) is 11.5 Å². The van der Waals surface area contributed by atoms with E-state index in [1.807, 2.05) is 47.4 Å². The first kappa shape index (κ1) is 19.0. The molecule has 28 heavy (non-hydrogen) atoms. The van der Waals surface area contributed by atoms with Crippen LogP contribution in [0.2, 0.25) is 5.02 Å². The molecule has 1 saturated heterocycles. The number of aromatic nitrogens is 2. The highest BCUT2D eigenvalue weighted by Gasteiger charge is 2.30. The summed E-state index contributed by atoms with van der Waals surface area (Å²) in [4.78, 5) is 15.0. The Labute approximate surface area is 171 Å². The lowest BCUT2D eigenvalue weighted by atomic mass is 10.1. The summed E-state index contributed by atoms with van der Waals surface area (Å²) in [7, 11) is 0. The van der Waals surface area contributed by atoms with Gasteiger partial charge in [-0.15, -0.1) is 10.2 Å². The maximum Gasteiger partial charge on any atom is 0.277 e. The fourth-order valence-electron chi connectivity index (χ4n) is 2.93. The van der Waals surface area contributed by atoms with Gasteiger partial charge in [0.1, 0.15) is 5.25 Å². The van der Waals surface area contributed by atoms with Crippen LogP contribution in [0.5, 0.6) is 0 Å². The molecule has 0 spiro atoms. The molecule has 1 atom stereocenters. The van der Waals surface area contributed by atoms with Gasteiger partial charge in [-0.05, 0) is 35.5 Å². The van der Waals surface area contributed by atoms with Crippen LogP contribution < -0.4 is 0 Å². The number of carbonyl (C=O) groups is 1. The first-order chi connectivity index (χ1) is 13.7. The number of rotatable bonds is 5. The third kappa shape index (κ3) is 4.38. The van der Waals surface area contributed by atoms with E-state index in [-0.39, 0.29) is 5.91 Å². The zero-order valence-corrected chi connectivity index (χ0v) is 16.5. The number of morpholine rings is 1. The van der Waals surface area contributed by atoms with E-state index in [4.69, 9.17) is 20.8 Å². The highest BCUT2D eigenvalue weighted by molar-refractivity contribution is 8.00. The Bertz CT molecular complexity index is 945. The Morgan fingerprint density at radius 2 is 1.86 bits per heavy atom. The monoisotopic (exact) mass is 415 g/mol. The van der Waals surface area contributed by atoms with Gasteiger partial charge < -0.3 is 14.1 Å². The second-order valence-corrected chi connectivity index (χ2v) is 7.72. The minimum absolute atomic E-state index is 0.0157. The fourth-order valence-corrected chi connectivity index (χ4v) is 4.08. The molecule has 1 aliphatic rings. The van der Waals surface area contributed by atoms with Crippen molar-refractivity contribution in [2.45, 2.75) is 10.5 Å². The van der Waals surface area contributed by atoms with Crippen molar-refractivity contribution in [2.75, 3.05) is 26.3 Å². The number of amides is 1. The number of nitrogens with zero attached hydrogens (tertiary/aromatic N) is 3. The highest BCUT2D eigenvalue weighted by atomic mass is 35.5.